The van der Waals surface area contributed by atoms with Gasteiger partial charge in [-0.25, -0.2) is 0 Å². The minimum Gasteiger partial charge on any atom is -0.348 e. The van der Waals surface area contributed by atoms with Crippen molar-refractivity contribution in [2.75, 3.05) is 19.6 Å². The molecule has 13 heavy (non-hydrogen) atoms. The van der Waals surface area contributed by atoms with Crippen molar-refractivity contribution in [3.63, 3.8) is 0 Å². The fraction of sp³-hybridized carbons (Fsp3) is 0.833. The maximum absolute atomic E-state index is 11.6. The van der Waals surface area contributed by atoms with Gasteiger partial charge in [0.2, 0.25) is 0 Å². The Morgan fingerprint density at radius 3 is 2.31 bits per heavy atom. The zero-order chi connectivity index (χ0) is 9.19. The third-order valence-corrected chi connectivity index (χ3v) is 1.67. The first kappa shape index (κ1) is 12.5. The number of rotatable bonds is 2. The first-order chi connectivity index (χ1) is 5.50. The van der Waals surface area contributed by atoms with Gasteiger partial charge < -0.3 is 10.6 Å². The largest absolute Gasteiger partial charge is 0.471 e. The van der Waals surface area contributed by atoms with Gasteiger partial charge in [0.1, 0.15) is 0 Å². The van der Waals surface area contributed by atoms with E-state index in [-0.39, 0.29) is 24.9 Å². The summed E-state index contributed by atoms with van der Waals surface area (Å²) in [6.07, 6.45) is -4.75. The van der Waals surface area contributed by atoms with Crippen LogP contribution < -0.4 is 10.6 Å². The van der Waals surface area contributed by atoms with E-state index < -0.39 is 12.1 Å². The number of carbonyl (C=O) groups is 1. The second-order valence-electron chi connectivity index (χ2n) is 2.73. The van der Waals surface area contributed by atoms with Gasteiger partial charge >= 0.3 is 12.1 Å². The zero-order valence-electron chi connectivity index (χ0n) is 6.65. The molecule has 0 saturated carbocycles. The van der Waals surface area contributed by atoms with Gasteiger partial charge in [-0.15, -0.1) is 12.4 Å². The zero-order valence-corrected chi connectivity index (χ0v) is 7.47. The highest BCUT2D eigenvalue weighted by Crippen LogP contribution is 2.14. The maximum atomic E-state index is 11.6. The fourth-order valence-electron chi connectivity index (χ4n) is 0.830. The van der Waals surface area contributed by atoms with Crippen LogP contribution in [0.2, 0.25) is 0 Å². The molecule has 1 amide bonds. The summed E-state index contributed by atoms with van der Waals surface area (Å²) in [5.74, 6) is -1.70. The van der Waals surface area contributed by atoms with Crippen molar-refractivity contribution < 1.29 is 18.0 Å². The molecule has 0 bridgehead atoms. The fourth-order valence-corrected chi connectivity index (χ4v) is 0.830. The molecule has 1 heterocycles. The molecular weight excluding hydrogens is 209 g/mol. The van der Waals surface area contributed by atoms with E-state index in [0.29, 0.717) is 13.1 Å². The standard InChI is InChI=1S/C6H9F3N2O.ClH/c7-6(8,9)5(12)11-3-4-1-10-2-4;/h4,10H,1-3H2,(H,11,12);1H. The molecule has 1 fully saturated rings. The Balaban J connectivity index is 0.00000144. The Hall–Kier alpha value is -0.490. The van der Waals surface area contributed by atoms with Gasteiger partial charge in [-0.2, -0.15) is 13.2 Å². The van der Waals surface area contributed by atoms with Crippen LogP contribution in [0.3, 0.4) is 0 Å². The number of nitrogens with one attached hydrogen (secondary N) is 2. The Labute approximate surface area is 79.5 Å². The average molecular weight is 219 g/mol. The summed E-state index contributed by atoms with van der Waals surface area (Å²) >= 11 is 0. The van der Waals surface area contributed by atoms with E-state index in [4.69, 9.17) is 0 Å². The molecule has 1 saturated heterocycles. The molecule has 78 valence electrons. The van der Waals surface area contributed by atoms with Crippen LogP contribution in [-0.2, 0) is 4.79 Å². The Morgan fingerprint density at radius 1 is 1.46 bits per heavy atom. The number of halogens is 4. The van der Waals surface area contributed by atoms with Crippen LogP contribution in [0, 0.1) is 5.92 Å². The van der Waals surface area contributed by atoms with E-state index in [1.54, 1.807) is 0 Å². The SMILES string of the molecule is Cl.O=C(NCC1CNC1)C(F)(F)F. The van der Waals surface area contributed by atoms with Gasteiger partial charge in [-0.3, -0.25) is 4.79 Å². The quantitative estimate of drug-likeness (QED) is 0.700. The molecule has 0 unspecified atom stereocenters. The van der Waals surface area contributed by atoms with Gasteiger partial charge in [-0.05, 0) is 0 Å². The molecule has 3 nitrogen and oxygen atoms in total. The third kappa shape index (κ3) is 3.82. The summed E-state index contributed by atoms with van der Waals surface area (Å²) in [6.45, 7) is 1.46. The second kappa shape index (κ2) is 4.66. The van der Waals surface area contributed by atoms with Crippen LogP contribution in [0.5, 0.6) is 0 Å². The first-order valence-corrected chi connectivity index (χ1v) is 3.56. The summed E-state index contributed by atoms with van der Waals surface area (Å²) in [4.78, 5) is 10.3. The highest BCUT2D eigenvalue weighted by atomic mass is 35.5. The van der Waals surface area contributed by atoms with E-state index in [2.05, 4.69) is 5.32 Å². The van der Waals surface area contributed by atoms with Gasteiger partial charge in [0.25, 0.3) is 0 Å². The summed E-state index contributed by atoms with van der Waals surface area (Å²) in [7, 11) is 0. The van der Waals surface area contributed by atoms with E-state index in [1.807, 2.05) is 5.32 Å². The molecule has 7 heteroatoms. The lowest BCUT2D eigenvalue weighted by atomic mass is 10.0. The van der Waals surface area contributed by atoms with Crippen molar-refractivity contribution in [1.82, 2.24) is 10.6 Å². The minimum absolute atomic E-state index is 0. The van der Waals surface area contributed by atoms with Gasteiger partial charge in [0, 0.05) is 25.6 Å². The van der Waals surface area contributed by atoms with E-state index in [1.165, 1.54) is 0 Å². The molecule has 2 N–H and O–H groups in total. The molecular formula is C6H10ClF3N2O. The molecule has 0 aromatic heterocycles. The number of alkyl halides is 3. The van der Waals surface area contributed by atoms with Gasteiger partial charge in [0.15, 0.2) is 0 Å². The summed E-state index contributed by atoms with van der Waals surface area (Å²) in [5, 5.41) is 4.71. The molecule has 1 rings (SSSR count). The monoisotopic (exact) mass is 218 g/mol. The third-order valence-electron chi connectivity index (χ3n) is 1.67. The predicted molar refractivity (Wildman–Crippen MR) is 42.7 cm³/mol. The van der Waals surface area contributed by atoms with E-state index in [0.717, 1.165) is 0 Å². The molecule has 0 atom stereocenters. The molecule has 0 radical (unpaired) electrons. The highest BCUT2D eigenvalue weighted by Gasteiger charge is 2.38. The van der Waals surface area contributed by atoms with Crippen LogP contribution in [0.4, 0.5) is 13.2 Å². The Kier molecular flexibility index (Phi) is 4.49. The lowest BCUT2D eigenvalue weighted by Gasteiger charge is -2.27. The lowest BCUT2D eigenvalue weighted by Crippen LogP contribution is -2.50. The molecule has 0 aliphatic carbocycles. The minimum atomic E-state index is -4.75. The Morgan fingerprint density at radius 2 is 2.00 bits per heavy atom. The lowest BCUT2D eigenvalue weighted by molar-refractivity contribution is -0.173. The van der Waals surface area contributed by atoms with Crippen molar-refractivity contribution in [1.29, 1.82) is 0 Å². The number of hydrogen-bond donors (Lipinski definition) is 2. The van der Waals surface area contributed by atoms with Crippen molar-refractivity contribution in [3.8, 4) is 0 Å². The van der Waals surface area contributed by atoms with Gasteiger partial charge in [-0.1, -0.05) is 0 Å². The first-order valence-electron chi connectivity index (χ1n) is 3.56. The number of hydrogen-bond acceptors (Lipinski definition) is 2. The summed E-state index contributed by atoms with van der Waals surface area (Å²) in [6, 6.07) is 0. The van der Waals surface area contributed by atoms with Crippen LogP contribution >= 0.6 is 12.4 Å². The highest BCUT2D eigenvalue weighted by molar-refractivity contribution is 5.85. The second-order valence-corrected chi connectivity index (χ2v) is 2.73. The van der Waals surface area contributed by atoms with Crippen LogP contribution in [0.1, 0.15) is 0 Å². The molecule has 1 aliphatic heterocycles. The average Bonchev–Trinajstić information content (AvgIpc) is 1.81. The normalized spacial score (nSPS) is 17.2. The van der Waals surface area contributed by atoms with Crippen LogP contribution in [0.15, 0.2) is 0 Å². The van der Waals surface area contributed by atoms with Crippen LogP contribution in [-0.4, -0.2) is 31.7 Å². The smallest absolute Gasteiger partial charge is 0.348 e. The molecule has 1 aliphatic rings. The number of amides is 1. The summed E-state index contributed by atoms with van der Waals surface area (Å²) in [5.41, 5.74) is 0. The number of carbonyl (C=O) groups excluding carboxylic acids is 1. The van der Waals surface area contributed by atoms with Crippen molar-refractivity contribution >= 4 is 18.3 Å². The van der Waals surface area contributed by atoms with Crippen molar-refractivity contribution in [2.45, 2.75) is 6.18 Å². The van der Waals surface area contributed by atoms with Gasteiger partial charge in [0.05, 0.1) is 0 Å². The van der Waals surface area contributed by atoms with E-state index >= 15 is 0 Å². The van der Waals surface area contributed by atoms with Crippen molar-refractivity contribution in [2.24, 2.45) is 5.92 Å². The molecule has 0 aromatic carbocycles. The maximum Gasteiger partial charge on any atom is 0.471 e. The topological polar surface area (TPSA) is 41.1 Å². The van der Waals surface area contributed by atoms with Crippen molar-refractivity contribution in [3.05, 3.63) is 0 Å². The Bertz CT molecular complexity index is 181. The molecule has 0 aromatic rings. The predicted octanol–water partition coefficient (Wildman–Crippen LogP) is 0.306. The van der Waals surface area contributed by atoms with Crippen LogP contribution in [0.25, 0.3) is 0 Å². The molecule has 0 spiro atoms. The van der Waals surface area contributed by atoms with E-state index in [9.17, 15) is 18.0 Å². The summed E-state index contributed by atoms with van der Waals surface area (Å²) < 4.78 is 34.8.